The number of benzene rings is 1. The maximum Gasteiger partial charge on any atom is 0.226 e. The standard InChI is InChI=1S/C26H38N4O/c1-20(9-3-6-12-26-28-21(2)29-31-26)27-25(19-30-15-7-8-16-30)18-22-13-14-23-10-4-5-11-24(23)17-22/h13-14,17,25,27H,1,3-12,15-16,18-19H2,2H3/t25-/m0/s1. The average molecular weight is 423 g/mol. The topological polar surface area (TPSA) is 54.2 Å². The largest absolute Gasteiger partial charge is 0.384 e. The number of likely N-dealkylation sites (tertiary alicyclic amines) is 1. The van der Waals surface area contributed by atoms with Gasteiger partial charge in [-0.25, -0.2) is 0 Å². The van der Waals surface area contributed by atoms with Crippen molar-refractivity contribution in [1.82, 2.24) is 20.4 Å². The average Bonchev–Trinajstić information content (AvgIpc) is 3.42. The number of unbranched alkanes of at least 4 members (excludes halogenated alkanes) is 1. The number of hydrogen-bond acceptors (Lipinski definition) is 5. The molecule has 0 unspecified atom stereocenters. The fourth-order valence-corrected chi connectivity index (χ4v) is 5.05. The van der Waals surface area contributed by atoms with Crippen molar-refractivity contribution in [2.24, 2.45) is 0 Å². The quantitative estimate of drug-likeness (QED) is 0.528. The van der Waals surface area contributed by atoms with E-state index in [2.05, 4.69) is 45.1 Å². The molecule has 4 rings (SSSR count). The minimum Gasteiger partial charge on any atom is -0.384 e. The molecule has 1 atom stereocenters. The molecule has 0 spiro atoms. The summed E-state index contributed by atoms with van der Waals surface area (Å²) in [6.45, 7) is 9.79. The van der Waals surface area contributed by atoms with Crippen LogP contribution >= 0.6 is 0 Å². The van der Waals surface area contributed by atoms with Gasteiger partial charge in [0.05, 0.1) is 0 Å². The molecule has 168 valence electrons. The maximum absolute atomic E-state index is 5.21. The second kappa shape index (κ2) is 10.9. The molecule has 1 aliphatic carbocycles. The third-order valence-electron chi connectivity index (χ3n) is 6.67. The molecular weight excluding hydrogens is 384 g/mol. The Morgan fingerprint density at radius 3 is 2.71 bits per heavy atom. The van der Waals surface area contributed by atoms with Gasteiger partial charge in [0.25, 0.3) is 0 Å². The van der Waals surface area contributed by atoms with Gasteiger partial charge in [0.2, 0.25) is 5.89 Å². The van der Waals surface area contributed by atoms with Gasteiger partial charge in [-0.1, -0.05) is 29.9 Å². The number of fused-ring (bicyclic) bond motifs is 1. The fourth-order valence-electron chi connectivity index (χ4n) is 5.05. The van der Waals surface area contributed by atoms with Gasteiger partial charge < -0.3 is 14.7 Å². The van der Waals surface area contributed by atoms with Crippen LogP contribution in [0.5, 0.6) is 0 Å². The van der Waals surface area contributed by atoms with Crippen LogP contribution in [0.3, 0.4) is 0 Å². The first-order valence-electron chi connectivity index (χ1n) is 12.2. The predicted octanol–water partition coefficient (Wildman–Crippen LogP) is 4.78. The number of rotatable bonds is 11. The molecule has 2 aliphatic rings. The highest BCUT2D eigenvalue weighted by Gasteiger charge is 2.19. The minimum atomic E-state index is 0.422. The molecule has 0 radical (unpaired) electrons. The first kappa shape index (κ1) is 22.1. The van der Waals surface area contributed by atoms with Crippen LogP contribution in [-0.2, 0) is 25.7 Å². The van der Waals surface area contributed by atoms with Crippen molar-refractivity contribution in [1.29, 1.82) is 0 Å². The van der Waals surface area contributed by atoms with E-state index in [0.29, 0.717) is 11.9 Å². The second-order valence-corrected chi connectivity index (χ2v) is 9.41. The molecule has 5 heteroatoms. The Hall–Kier alpha value is -2.14. The lowest BCUT2D eigenvalue weighted by Crippen LogP contribution is -2.41. The Balaban J connectivity index is 1.29. The van der Waals surface area contributed by atoms with Crippen LogP contribution < -0.4 is 5.32 Å². The number of nitrogens with zero attached hydrogens (tertiary/aromatic N) is 3. The van der Waals surface area contributed by atoms with Gasteiger partial charge >= 0.3 is 0 Å². The predicted molar refractivity (Wildman–Crippen MR) is 125 cm³/mol. The molecule has 1 fully saturated rings. The summed E-state index contributed by atoms with van der Waals surface area (Å²) in [6.07, 6.45) is 12.9. The van der Waals surface area contributed by atoms with Crippen LogP contribution in [0.2, 0.25) is 0 Å². The molecule has 5 nitrogen and oxygen atoms in total. The number of allylic oxidation sites excluding steroid dienone is 1. The van der Waals surface area contributed by atoms with Gasteiger partial charge in [0.1, 0.15) is 0 Å². The number of aromatic nitrogens is 2. The summed E-state index contributed by atoms with van der Waals surface area (Å²) in [7, 11) is 0. The van der Waals surface area contributed by atoms with E-state index in [9.17, 15) is 0 Å². The van der Waals surface area contributed by atoms with Crippen molar-refractivity contribution in [2.75, 3.05) is 19.6 Å². The van der Waals surface area contributed by atoms with Crippen LogP contribution in [0.15, 0.2) is 35.0 Å². The van der Waals surface area contributed by atoms with Gasteiger partial charge in [0.15, 0.2) is 5.82 Å². The lowest BCUT2D eigenvalue weighted by Gasteiger charge is -2.27. The Bertz CT molecular complexity index is 853. The van der Waals surface area contributed by atoms with E-state index in [-0.39, 0.29) is 0 Å². The summed E-state index contributed by atoms with van der Waals surface area (Å²) in [5, 5.41) is 7.65. The van der Waals surface area contributed by atoms with Crippen molar-refractivity contribution in [3.63, 3.8) is 0 Å². The zero-order chi connectivity index (χ0) is 21.5. The van der Waals surface area contributed by atoms with E-state index in [1.165, 1.54) is 57.2 Å². The molecule has 0 amide bonds. The summed E-state index contributed by atoms with van der Waals surface area (Å²) in [6, 6.07) is 7.64. The summed E-state index contributed by atoms with van der Waals surface area (Å²) in [5.41, 5.74) is 5.78. The molecular formula is C26H38N4O. The zero-order valence-corrected chi connectivity index (χ0v) is 19.2. The van der Waals surface area contributed by atoms with E-state index < -0.39 is 0 Å². The highest BCUT2D eigenvalue weighted by atomic mass is 16.5. The fraction of sp³-hybridized carbons (Fsp3) is 0.615. The number of aryl methyl sites for hydroxylation is 4. The minimum absolute atomic E-state index is 0.422. The molecule has 31 heavy (non-hydrogen) atoms. The van der Waals surface area contributed by atoms with Gasteiger partial charge in [-0.2, -0.15) is 4.98 Å². The van der Waals surface area contributed by atoms with Crippen molar-refractivity contribution >= 4 is 0 Å². The molecule has 1 saturated heterocycles. The maximum atomic E-state index is 5.21. The normalized spacial score (nSPS) is 17.5. The molecule has 1 aliphatic heterocycles. The third kappa shape index (κ3) is 6.67. The van der Waals surface area contributed by atoms with Crippen molar-refractivity contribution in [2.45, 2.75) is 83.6 Å². The van der Waals surface area contributed by atoms with Gasteiger partial charge in [0, 0.05) is 24.7 Å². The van der Waals surface area contributed by atoms with Crippen molar-refractivity contribution in [3.05, 3.63) is 58.9 Å². The Morgan fingerprint density at radius 1 is 1.13 bits per heavy atom. The lowest BCUT2D eigenvalue weighted by atomic mass is 9.89. The Morgan fingerprint density at radius 2 is 1.94 bits per heavy atom. The molecule has 2 heterocycles. The third-order valence-corrected chi connectivity index (χ3v) is 6.67. The van der Waals surface area contributed by atoms with Crippen LogP contribution in [0.1, 0.15) is 73.4 Å². The van der Waals surface area contributed by atoms with Gasteiger partial charge in [-0.05, 0) is 101 Å². The van der Waals surface area contributed by atoms with Gasteiger partial charge in [-0.15, -0.1) is 0 Å². The molecule has 1 N–H and O–H groups in total. The summed E-state index contributed by atoms with van der Waals surface area (Å²) in [4.78, 5) is 6.90. The van der Waals surface area contributed by atoms with Crippen molar-refractivity contribution < 1.29 is 4.52 Å². The van der Waals surface area contributed by atoms with E-state index in [1.54, 1.807) is 11.1 Å². The lowest BCUT2D eigenvalue weighted by molar-refractivity contribution is 0.295. The van der Waals surface area contributed by atoms with Crippen LogP contribution in [0.4, 0.5) is 0 Å². The van der Waals surface area contributed by atoms with Crippen LogP contribution in [0.25, 0.3) is 0 Å². The molecule has 2 aromatic rings. The Labute approximate surface area is 187 Å². The van der Waals surface area contributed by atoms with E-state index in [4.69, 9.17) is 4.52 Å². The summed E-state index contributed by atoms with van der Waals surface area (Å²) >= 11 is 0. The van der Waals surface area contributed by atoms with Gasteiger partial charge in [-0.3, -0.25) is 0 Å². The highest BCUT2D eigenvalue weighted by molar-refractivity contribution is 5.34. The van der Waals surface area contributed by atoms with E-state index in [0.717, 1.165) is 50.2 Å². The summed E-state index contributed by atoms with van der Waals surface area (Å²) in [5.74, 6) is 1.46. The molecule has 1 aromatic carbocycles. The molecule has 0 bridgehead atoms. The monoisotopic (exact) mass is 422 g/mol. The smallest absolute Gasteiger partial charge is 0.226 e. The Kier molecular flexibility index (Phi) is 7.79. The number of nitrogens with one attached hydrogen (secondary N) is 1. The van der Waals surface area contributed by atoms with E-state index >= 15 is 0 Å². The SMILES string of the molecule is C=C(CCCCc1nc(C)no1)N[C@@H](Cc1ccc2c(c1)CCCC2)CN1CCCC1. The summed E-state index contributed by atoms with van der Waals surface area (Å²) < 4.78 is 5.21. The highest BCUT2D eigenvalue weighted by Crippen LogP contribution is 2.23. The molecule has 1 aromatic heterocycles. The van der Waals surface area contributed by atoms with Crippen molar-refractivity contribution in [3.8, 4) is 0 Å². The van der Waals surface area contributed by atoms with E-state index in [1.807, 2.05) is 6.92 Å². The van der Waals surface area contributed by atoms with Crippen LogP contribution in [-0.4, -0.2) is 40.7 Å². The van der Waals surface area contributed by atoms with Crippen LogP contribution in [0, 0.1) is 6.92 Å². The first-order valence-corrected chi connectivity index (χ1v) is 12.2. The molecule has 0 saturated carbocycles. The second-order valence-electron chi connectivity index (χ2n) is 9.41. The number of hydrogen-bond donors (Lipinski definition) is 1. The zero-order valence-electron chi connectivity index (χ0n) is 19.2. The first-order chi connectivity index (χ1) is 15.2.